The summed E-state index contributed by atoms with van der Waals surface area (Å²) in [5.74, 6) is -1.23. The number of piperazine rings is 1. The fourth-order valence-electron chi connectivity index (χ4n) is 4.20. The number of benzene rings is 1. The molecule has 2 N–H and O–H groups in total. The van der Waals surface area contributed by atoms with Gasteiger partial charge in [-0.1, -0.05) is 0 Å². The predicted molar refractivity (Wildman–Crippen MR) is 123 cm³/mol. The molecule has 11 heteroatoms. The minimum atomic E-state index is -1.43. The van der Waals surface area contributed by atoms with Gasteiger partial charge >= 0.3 is 11.7 Å². The van der Waals surface area contributed by atoms with Crippen LogP contribution >= 0.6 is 0 Å². The average molecular weight is 458 g/mol. The number of piperidine rings is 1. The van der Waals surface area contributed by atoms with Crippen molar-refractivity contribution < 1.29 is 19.2 Å². The number of aliphatic carboxylic acids is 1. The van der Waals surface area contributed by atoms with Crippen LogP contribution in [0.4, 0.5) is 33.1 Å². The number of alkyl halides is 1. The normalized spacial score (nSPS) is 21.6. The van der Waals surface area contributed by atoms with Gasteiger partial charge in [-0.15, -0.1) is 0 Å². The first kappa shape index (κ1) is 22.7. The van der Waals surface area contributed by atoms with E-state index in [0.29, 0.717) is 18.1 Å². The summed E-state index contributed by atoms with van der Waals surface area (Å²) in [6.07, 6.45) is -1.19. The van der Waals surface area contributed by atoms with Crippen LogP contribution in [0.5, 0.6) is 0 Å². The monoisotopic (exact) mass is 458 g/mol. The van der Waals surface area contributed by atoms with Gasteiger partial charge < -0.3 is 25.1 Å². The standard InChI is InChI=1S/C22H27FN6O4/c1-26-10-12-27(13-11-26)20-7-6-19(29(32)33)21(25-20)24-15-2-4-16(5-3-15)28-9-8-17(22(30)31)18(23)14-28/h2-7,17-18H,8-14H2,1H3,(H,24,25)(H,30,31). The smallest absolute Gasteiger partial charge is 0.311 e. The average Bonchev–Trinajstić information content (AvgIpc) is 2.79. The number of carbonyl (C=O) groups is 1. The van der Waals surface area contributed by atoms with Crippen LogP contribution in [0.2, 0.25) is 0 Å². The second-order valence-corrected chi connectivity index (χ2v) is 8.45. The zero-order valence-corrected chi connectivity index (χ0v) is 18.4. The van der Waals surface area contributed by atoms with Crippen molar-refractivity contribution in [3.05, 3.63) is 46.5 Å². The van der Waals surface area contributed by atoms with Crippen molar-refractivity contribution in [1.82, 2.24) is 9.88 Å². The van der Waals surface area contributed by atoms with E-state index in [1.807, 2.05) is 4.90 Å². The summed E-state index contributed by atoms with van der Waals surface area (Å²) in [5, 5.41) is 23.7. The zero-order valence-electron chi connectivity index (χ0n) is 18.4. The Hall–Kier alpha value is -3.47. The second kappa shape index (κ2) is 9.57. The molecule has 3 heterocycles. The molecule has 4 rings (SSSR count). The Morgan fingerprint density at radius 2 is 1.82 bits per heavy atom. The number of carboxylic acids is 1. The maximum Gasteiger partial charge on any atom is 0.311 e. The number of hydrogen-bond donors (Lipinski definition) is 2. The van der Waals surface area contributed by atoms with Crippen molar-refractivity contribution in [1.29, 1.82) is 0 Å². The molecule has 0 amide bonds. The molecular formula is C22H27FN6O4. The third-order valence-electron chi connectivity index (χ3n) is 6.24. The lowest BCUT2D eigenvalue weighted by Crippen LogP contribution is -2.44. The maximum atomic E-state index is 14.2. The van der Waals surface area contributed by atoms with E-state index in [9.17, 15) is 19.3 Å². The van der Waals surface area contributed by atoms with Gasteiger partial charge in [0.25, 0.3) is 0 Å². The molecule has 1 aromatic heterocycles. The molecule has 2 aromatic rings. The Bertz CT molecular complexity index is 1010. The molecule has 2 aliphatic rings. The van der Waals surface area contributed by atoms with Crippen molar-refractivity contribution >= 4 is 34.7 Å². The fourth-order valence-corrected chi connectivity index (χ4v) is 4.20. The first-order valence-electron chi connectivity index (χ1n) is 10.9. The first-order chi connectivity index (χ1) is 15.8. The molecule has 33 heavy (non-hydrogen) atoms. The Labute approximate surface area is 190 Å². The first-order valence-corrected chi connectivity index (χ1v) is 10.9. The molecule has 0 radical (unpaired) electrons. The van der Waals surface area contributed by atoms with Crippen molar-refractivity contribution in [2.75, 3.05) is 61.4 Å². The van der Waals surface area contributed by atoms with Crippen LogP contribution in [0, 0.1) is 16.0 Å². The molecule has 176 valence electrons. The van der Waals surface area contributed by atoms with Gasteiger partial charge in [0.2, 0.25) is 5.82 Å². The highest BCUT2D eigenvalue weighted by Gasteiger charge is 2.34. The highest BCUT2D eigenvalue weighted by molar-refractivity contribution is 5.72. The Kier molecular flexibility index (Phi) is 6.59. The minimum absolute atomic E-state index is 0.0177. The van der Waals surface area contributed by atoms with E-state index in [2.05, 4.69) is 27.1 Å². The lowest BCUT2D eigenvalue weighted by atomic mass is 9.95. The molecule has 0 saturated carbocycles. The predicted octanol–water partition coefficient (Wildman–Crippen LogP) is 2.73. The third kappa shape index (κ3) is 5.14. The maximum absolute atomic E-state index is 14.2. The van der Waals surface area contributed by atoms with Crippen LogP contribution in [0.1, 0.15) is 6.42 Å². The topological polar surface area (TPSA) is 115 Å². The van der Waals surface area contributed by atoms with E-state index in [1.54, 1.807) is 30.3 Å². The third-order valence-corrected chi connectivity index (χ3v) is 6.24. The molecule has 2 aliphatic heterocycles. The van der Waals surface area contributed by atoms with Crippen LogP contribution in [0.25, 0.3) is 0 Å². The number of nitrogens with one attached hydrogen (secondary N) is 1. The van der Waals surface area contributed by atoms with Crippen LogP contribution in [0.3, 0.4) is 0 Å². The summed E-state index contributed by atoms with van der Waals surface area (Å²) in [4.78, 5) is 32.8. The molecule has 2 unspecified atom stereocenters. The molecular weight excluding hydrogens is 431 g/mol. The van der Waals surface area contributed by atoms with Crippen LogP contribution in [-0.4, -0.2) is 78.4 Å². The number of nitro groups is 1. The van der Waals surface area contributed by atoms with Crippen molar-refractivity contribution in [2.24, 2.45) is 5.92 Å². The zero-order chi connectivity index (χ0) is 23.5. The number of hydrogen-bond acceptors (Lipinski definition) is 8. The van der Waals surface area contributed by atoms with Gasteiger partial charge in [-0.3, -0.25) is 14.9 Å². The highest BCUT2D eigenvalue weighted by Crippen LogP contribution is 2.31. The number of nitrogens with zero attached hydrogens (tertiary/aromatic N) is 5. The van der Waals surface area contributed by atoms with E-state index in [1.165, 1.54) is 6.07 Å². The van der Waals surface area contributed by atoms with Crippen LogP contribution in [0.15, 0.2) is 36.4 Å². The van der Waals surface area contributed by atoms with E-state index >= 15 is 0 Å². The molecule has 10 nitrogen and oxygen atoms in total. The molecule has 0 spiro atoms. The van der Waals surface area contributed by atoms with Gasteiger partial charge in [0.15, 0.2) is 0 Å². The van der Waals surface area contributed by atoms with Crippen molar-refractivity contribution in [3.8, 4) is 0 Å². The number of anilines is 4. The number of halogens is 1. The summed E-state index contributed by atoms with van der Waals surface area (Å²) in [7, 11) is 2.05. The Balaban J connectivity index is 1.48. The highest BCUT2D eigenvalue weighted by atomic mass is 19.1. The lowest BCUT2D eigenvalue weighted by Gasteiger charge is -2.34. The van der Waals surface area contributed by atoms with Gasteiger partial charge in [0.05, 0.1) is 17.4 Å². The van der Waals surface area contributed by atoms with Crippen LogP contribution in [-0.2, 0) is 4.79 Å². The van der Waals surface area contributed by atoms with Gasteiger partial charge in [-0.2, -0.15) is 0 Å². The minimum Gasteiger partial charge on any atom is -0.481 e. The summed E-state index contributed by atoms with van der Waals surface area (Å²) < 4.78 is 14.2. The van der Waals surface area contributed by atoms with Gasteiger partial charge in [-0.25, -0.2) is 9.37 Å². The summed E-state index contributed by atoms with van der Waals surface area (Å²) >= 11 is 0. The SMILES string of the molecule is CN1CCN(c2ccc([N+](=O)[O-])c(Nc3ccc(N4CCC(C(=O)O)C(F)C4)cc3)n2)CC1. The molecule has 1 aromatic carbocycles. The fraction of sp³-hybridized carbons (Fsp3) is 0.455. The van der Waals surface area contributed by atoms with E-state index in [-0.39, 0.29) is 24.5 Å². The number of pyridine rings is 1. The molecule has 2 atom stereocenters. The second-order valence-electron chi connectivity index (χ2n) is 8.45. The van der Waals surface area contributed by atoms with Crippen molar-refractivity contribution in [3.63, 3.8) is 0 Å². The lowest BCUT2D eigenvalue weighted by molar-refractivity contribution is -0.384. The summed E-state index contributed by atoms with van der Waals surface area (Å²) in [5.41, 5.74) is 1.26. The van der Waals surface area contributed by atoms with Crippen LogP contribution < -0.4 is 15.1 Å². The largest absolute Gasteiger partial charge is 0.481 e. The van der Waals surface area contributed by atoms with E-state index in [4.69, 9.17) is 5.11 Å². The molecule has 2 saturated heterocycles. The van der Waals surface area contributed by atoms with Crippen molar-refractivity contribution in [2.45, 2.75) is 12.6 Å². The number of likely N-dealkylation sites (N-methyl/N-ethyl adjacent to an activating group) is 1. The number of aromatic nitrogens is 1. The van der Waals surface area contributed by atoms with E-state index < -0.39 is 23.0 Å². The van der Waals surface area contributed by atoms with E-state index in [0.717, 1.165) is 31.9 Å². The molecule has 0 bridgehead atoms. The molecule has 2 fully saturated rings. The van der Waals surface area contributed by atoms with Gasteiger partial charge in [-0.05, 0) is 43.8 Å². The Morgan fingerprint density at radius 3 is 2.42 bits per heavy atom. The summed E-state index contributed by atoms with van der Waals surface area (Å²) in [6, 6.07) is 10.2. The quantitative estimate of drug-likeness (QED) is 0.498. The molecule has 0 aliphatic carbocycles. The number of rotatable bonds is 6. The summed E-state index contributed by atoms with van der Waals surface area (Å²) in [6.45, 7) is 3.85. The van der Waals surface area contributed by atoms with Gasteiger partial charge in [0.1, 0.15) is 12.0 Å². The number of carboxylic acid groups (broad SMARTS) is 1. The Morgan fingerprint density at radius 1 is 1.12 bits per heavy atom. The van der Waals surface area contributed by atoms with Gasteiger partial charge in [0, 0.05) is 50.2 Å².